The minimum absolute atomic E-state index is 0.450. The van der Waals surface area contributed by atoms with Gasteiger partial charge in [0.05, 0.1) is 5.69 Å². The van der Waals surface area contributed by atoms with Crippen LogP contribution in [0.3, 0.4) is 0 Å². The Bertz CT molecular complexity index is 663. The topological polar surface area (TPSA) is 95.9 Å². The summed E-state index contributed by atoms with van der Waals surface area (Å²) in [5.74, 6) is 0. The van der Waals surface area contributed by atoms with Crippen LogP contribution in [0.1, 0.15) is 29.8 Å². The molecule has 3 rings (SSSR count). The number of aromatic nitrogens is 3. The van der Waals surface area contributed by atoms with Crippen LogP contribution in [0.15, 0.2) is 34.6 Å². The maximum Gasteiger partial charge on any atom is 0.140 e. The second kappa shape index (κ2) is 4.76. The number of benzene rings is 1. The van der Waals surface area contributed by atoms with E-state index in [1.807, 2.05) is 31.2 Å². The van der Waals surface area contributed by atoms with Gasteiger partial charge in [0.15, 0.2) is 0 Å². The van der Waals surface area contributed by atoms with Gasteiger partial charge in [-0.15, -0.1) is 10.2 Å². The van der Waals surface area contributed by atoms with Gasteiger partial charge in [-0.2, -0.15) is 4.80 Å². The molecule has 1 heterocycles. The molecule has 0 radical (unpaired) electrons. The van der Waals surface area contributed by atoms with E-state index in [4.69, 9.17) is 10.4 Å². The monoisotopic (exact) mass is 271 g/mol. The third-order valence-electron chi connectivity index (χ3n) is 3.27. The Balaban J connectivity index is 2.12. The predicted molar refractivity (Wildman–Crippen MR) is 72.0 cm³/mol. The standard InChI is InChI=1S/C13H13N5O2/c1-8-2-4-9(5-3-8)18-14-12-10(16-19)6-7-11(17-20)13(12)15-18/h2-5,19-20H,6-7H2,1H3. The first kappa shape index (κ1) is 12.3. The number of aryl methyl sites for hydroxylation is 1. The Kier molecular flexibility index (Phi) is 2.94. The van der Waals surface area contributed by atoms with E-state index in [9.17, 15) is 0 Å². The Hall–Kier alpha value is -2.70. The van der Waals surface area contributed by atoms with Crippen molar-refractivity contribution in [3.8, 4) is 5.69 Å². The number of nitrogens with zero attached hydrogens (tertiary/aromatic N) is 5. The van der Waals surface area contributed by atoms with Gasteiger partial charge in [-0.3, -0.25) is 0 Å². The van der Waals surface area contributed by atoms with Gasteiger partial charge < -0.3 is 10.4 Å². The lowest BCUT2D eigenvalue weighted by atomic mass is 9.97. The Morgan fingerprint density at radius 2 is 1.45 bits per heavy atom. The fourth-order valence-electron chi connectivity index (χ4n) is 2.16. The van der Waals surface area contributed by atoms with Crippen LogP contribution in [0.4, 0.5) is 0 Å². The largest absolute Gasteiger partial charge is 0.411 e. The molecule has 1 aliphatic carbocycles. The summed E-state index contributed by atoms with van der Waals surface area (Å²) in [6.45, 7) is 2.00. The van der Waals surface area contributed by atoms with Gasteiger partial charge in [0.2, 0.25) is 0 Å². The molecule has 1 aliphatic rings. The predicted octanol–water partition coefficient (Wildman–Crippen LogP) is 1.73. The third kappa shape index (κ3) is 1.93. The summed E-state index contributed by atoms with van der Waals surface area (Å²) in [5, 5.41) is 33.2. The maximum atomic E-state index is 9.02. The van der Waals surface area contributed by atoms with E-state index in [2.05, 4.69) is 20.5 Å². The number of rotatable bonds is 1. The quantitative estimate of drug-likeness (QED) is 0.609. The van der Waals surface area contributed by atoms with Crippen LogP contribution in [-0.2, 0) is 0 Å². The van der Waals surface area contributed by atoms with E-state index in [0.717, 1.165) is 11.3 Å². The van der Waals surface area contributed by atoms with Gasteiger partial charge in [0, 0.05) is 12.8 Å². The summed E-state index contributed by atoms with van der Waals surface area (Å²) in [6, 6.07) is 7.71. The summed E-state index contributed by atoms with van der Waals surface area (Å²) in [4.78, 5) is 1.45. The molecular weight excluding hydrogens is 258 g/mol. The molecule has 7 heteroatoms. The van der Waals surface area contributed by atoms with E-state index >= 15 is 0 Å². The van der Waals surface area contributed by atoms with Gasteiger partial charge >= 0.3 is 0 Å². The summed E-state index contributed by atoms with van der Waals surface area (Å²) in [6.07, 6.45) is 0.935. The van der Waals surface area contributed by atoms with Gasteiger partial charge in [0.1, 0.15) is 22.8 Å². The molecule has 2 N–H and O–H groups in total. The van der Waals surface area contributed by atoms with E-state index in [1.165, 1.54) is 4.80 Å². The van der Waals surface area contributed by atoms with Gasteiger partial charge in [0.25, 0.3) is 0 Å². The van der Waals surface area contributed by atoms with Crippen molar-refractivity contribution >= 4 is 11.4 Å². The van der Waals surface area contributed by atoms with Gasteiger partial charge in [-0.25, -0.2) is 0 Å². The first-order valence-corrected chi connectivity index (χ1v) is 6.20. The molecule has 1 aromatic carbocycles. The molecule has 0 fully saturated rings. The molecule has 0 aliphatic heterocycles. The molecule has 1 aromatic heterocycles. The summed E-state index contributed by atoms with van der Waals surface area (Å²) < 4.78 is 0. The van der Waals surface area contributed by atoms with Crippen LogP contribution in [0.5, 0.6) is 0 Å². The van der Waals surface area contributed by atoms with Crippen LogP contribution in [0, 0.1) is 6.92 Å². The molecular formula is C13H13N5O2. The number of hydrogen-bond acceptors (Lipinski definition) is 6. The van der Waals surface area contributed by atoms with Crippen molar-refractivity contribution in [2.45, 2.75) is 19.8 Å². The fourth-order valence-corrected chi connectivity index (χ4v) is 2.16. The number of oxime groups is 2. The second-order valence-corrected chi connectivity index (χ2v) is 4.62. The third-order valence-corrected chi connectivity index (χ3v) is 3.27. The average Bonchev–Trinajstić information content (AvgIpc) is 2.92. The first-order chi connectivity index (χ1) is 9.72. The maximum absolute atomic E-state index is 9.02. The molecule has 102 valence electrons. The lowest BCUT2D eigenvalue weighted by Gasteiger charge is -2.09. The van der Waals surface area contributed by atoms with Gasteiger partial charge in [-0.1, -0.05) is 28.0 Å². The molecule has 7 nitrogen and oxygen atoms in total. The zero-order chi connectivity index (χ0) is 14.1. The van der Waals surface area contributed by atoms with Crippen molar-refractivity contribution in [2.75, 3.05) is 0 Å². The zero-order valence-corrected chi connectivity index (χ0v) is 10.9. The van der Waals surface area contributed by atoms with Crippen LogP contribution >= 0.6 is 0 Å². The highest BCUT2D eigenvalue weighted by molar-refractivity contribution is 6.15. The van der Waals surface area contributed by atoms with Crippen molar-refractivity contribution in [2.24, 2.45) is 10.3 Å². The molecule has 2 aromatic rings. The SMILES string of the molecule is Cc1ccc(-n2nc3c(n2)C(=NO)CCC3=NO)cc1. The Morgan fingerprint density at radius 3 is 1.90 bits per heavy atom. The first-order valence-electron chi connectivity index (χ1n) is 6.20. The van der Waals surface area contributed by atoms with Crippen molar-refractivity contribution < 1.29 is 10.4 Å². The van der Waals surface area contributed by atoms with E-state index in [0.29, 0.717) is 35.7 Å². The van der Waals surface area contributed by atoms with Crippen molar-refractivity contribution in [1.29, 1.82) is 0 Å². The second-order valence-electron chi connectivity index (χ2n) is 4.62. The lowest BCUT2D eigenvalue weighted by molar-refractivity contribution is 0.315. The van der Waals surface area contributed by atoms with Crippen LogP contribution in [0.2, 0.25) is 0 Å². The zero-order valence-electron chi connectivity index (χ0n) is 10.9. The van der Waals surface area contributed by atoms with E-state index in [1.54, 1.807) is 0 Å². The molecule has 0 saturated carbocycles. The van der Waals surface area contributed by atoms with E-state index in [-0.39, 0.29) is 0 Å². The summed E-state index contributed by atoms with van der Waals surface area (Å²) in [7, 11) is 0. The highest BCUT2D eigenvalue weighted by atomic mass is 16.4. The molecule has 0 atom stereocenters. The van der Waals surface area contributed by atoms with Crippen molar-refractivity contribution in [1.82, 2.24) is 15.0 Å². The van der Waals surface area contributed by atoms with Crippen LogP contribution < -0.4 is 0 Å². The number of hydrogen-bond donors (Lipinski definition) is 2. The smallest absolute Gasteiger partial charge is 0.140 e. The van der Waals surface area contributed by atoms with Gasteiger partial charge in [-0.05, 0) is 19.1 Å². The normalized spacial score (nSPS) is 18.4. The highest BCUT2D eigenvalue weighted by Crippen LogP contribution is 2.20. The average molecular weight is 271 g/mol. The minimum atomic E-state index is 0.450. The minimum Gasteiger partial charge on any atom is -0.411 e. The van der Waals surface area contributed by atoms with E-state index < -0.39 is 0 Å². The summed E-state index contributed by atoms with van der Waals surface area (Å²) in [5.41, 5.74) is 3.73. The Labute approximate surface area is 114 Å². The molecule has 0 amide bonds. The van der Waals surface area contributed by atoms with Crippen LogP contribution in [-0.4, -0.2) is 36.8 Å². The Morgan fingerprint density at radius 1 is 0.950 bits per heavy atom. The number of fused-ring (bicyclic) bond motifs is 1. The highest BCUT2D eigenvalue weighted by Gasteiger charge is 2.27. The molecule has 0 spiro atoms. The fraction of sp³-hybridized carbons (Fsp3) is 0.231. The lowest BCUT2D eigenvalue weighted by Crippen LogP contribution is -2.18. The molecule has 20 heavy (non-hydrogen) atoms. The van der Waals surface area contributed by atoms with Crippen molar-refractivity contribution in [3.63, 3.8) is 0 Å². The van der Waals surface area contributed by atoms with Crippen molar-refractivity contribution in [3.05, 3.63) is 41.2 Å². The summed E-state index contributed by atoms with van der Waals surface area (Å²) >= 11 is 0. The molecule has 0 saturated heterocycles. The molecule has 0 bridgehead atoms. The van der Waals surface area contributed by atoms with Crippen LogP contribution in [0.25, 0.3) is 5.69 Å². The molecule has 0 unspecified atom stereocenters.